The Morgan fingerprint density at radius 3 is 2.56 bits per heavy atom. The van der Waals surface area contributed by atoms with Crippen molar-refractivity contribution in [1.82, 2.24) is 15.6 Å². The lowest BCUT2D eigenvalue weighted by atomic mass is 10.2. The fourth-order valence-corrected chi connectivity index (χ4v) is 2.88. The molecule has 3 rings (SSSR count). The van der Waals surface area contributed by atoms with Crippen LogP contribution in [0.1, 0.15) is 31.6 Å². The van der Waals surface area contributed by atoms with Crippen LogP contribution in [0.25, 0.3) is 0 Å². The quantitative estimate of drug-likeness (QED) is 0.582. The van der Waals surface area contributed by atoms with Gasteiger partial charge in [-0.2, -0.15) is 0 Å². The van der Waals surface area contributed by atoms with Gasteiger partial charge in [-0.1, -0.05) is 17.7 Å². The summed E-state index contributed by atoms with van der Waals surface area (Å²) >= 11 is 1.36. The fourth-order valence-electron chi connectivity index (χ4n) is 2.20. The van der Waals surface area contributed by atoms with Crippen molar-refractivity contribution in [3.63, 3.8) is 0 Å². The molecule has 27 heavy (non-hydrogen) atoms. The van der Waals surface area contributed by atoms with E-state index in [-0.39, 0.29) is 24.1 Å². The van der Waals surface area contributed by atoms with Crippen molar-refractivity contribution in [2.45, 2.75) is 13.5 Å². The monoisotopic (exact) mass is 385 g/mol. The molecule has 0 aliphatic rings. The van der Waals surface area contributed by atoms with Gasteiger partial charge in [0.25, 0.3) is 11.8 Å². The molecule has 7 nitrogen and oxygen atoms in total. The highest BCUT2D eigenvalue weighted by atomic mass is 32.1. The molecule has 1 aromatic carbocycles. The maximum atomic E-state index is 12.1. The number of amides is 2. The highest BCUT2D eigenvalue weighted by Gasteiger charge is 2.11. The first-order valence-corrected chi connectivity index (χ1v) is 9.23. The van der Waals surface area contributed by atoms with E-state index in [0.29, 0.717) is 23.9 Å². The molecule has 140 valence electrons. The SMILES string of the molecule is Cc1ccc(OCc2nc(C(=O)NCCNC(=O)c3ccco3)cs2)cc1. The number of benzene rings is 1. The molecule has 0 fully saturated rings. The van der Waals surface area contributed by atoms with E-state index in [0.717, 1.165) is 11.3 Å². The van der Waals surface area contributed by atoms with Crippen molar-refractivity contribution >= 4 is 23.2 Å². The lowest BCUT2D eigenvalue weighted by molar-refractivity contribution is 0.0909. The van der Waals surface area contributed by atoms with Crippen molar-refractivity contribution < 1.29 is 18.7 Å². The number of aryl methyl sites for hydroxylation is 1. The minimum Gasteiger partial charge on any atom is -0.486 e. The van der Waals surface area contributed by atoms with E-state index < -0.39 is 0 Å². The van der Waals surface area contributed by atoms with Gasteiger partial charge in [-0.05, 0) is 31.2 Å². The van der Waals surface area contributed by atoms with Crippen LogP contribution in [-0.2, 0) is 6.61 Å². The van der Waals surface area contributed by atoms with Crippen molar-refractivity contribution in [2.75, 3.05) is 13.1 Å². The summed E-state index contributed by atoms with van der Waals surface area (Å²) in [6, 6.07) is 10.9. The van der Waals surface area contributed by atoms with Crippen LogP contribution in [-0.4, -0.2) is 29.9 Å². The summed E-state index contributed by atoms with van der Waals surface area (Å²) in [7, 11) is 0. The predicted octanol–water partition coefficient (Wildman–Crippen LogP) is 2.78. The van der Waals surface area contributed by atoms with E-state index >= 15 is 0 Å². The van der Waals surface area contributed by atoms with Gasteiger partial charge in [0.15, 0.2) is 5.76 Å². The molecule has 2 heterocycles. The number of aromatic nitrogens is 1. The van der Waals surface area contributed by atoms with Crippen LogP contribution in [0.4, 0.5) is 0 Å². The van der Waals surface area contributed by atoms with E-state index in [1.54, 1.807) is 17.5 Å². The van der Waals surface area contributed by atoms with E-state index in [9.17, 15) is 9.59 Å². The molecule has 0 atom stereocenters. The molecule has 0 aliphatic carbocycles. The zero-order valence-corrected chi connectivity index (χ0v) is 15.5. The Morgan fingerprint density at radius 1 is 1.11 bits per heavy atom. The number of thiazole rings is 1. The van der Waals surface area contributed by atoms with Crippen LogP contribution in [0.2, 0.25) is 0 Å². The first-order valence-electron chi connectivity index (χ1n) is 8.35. The second-order valence-corrected chi connectivity index (χ2v) is 6.66. The maximum Gasteiger partial charge on any atom is 0.287 e. The van der Waals surface area contributed by atoms with Crippen LogP contribution in [0.15, 0.2) is 52.5 Å². The minimum absolute atomic E-state index is 0.235. The number of furan rings is 1. The fraction of sp³-hybridized carbons (Fsp3) is 0.211. The number of carbonyl (C=O) groups excluding carboxylic acids is 2. The van der Waals surface area contributed by atoms with Gasteiger partial charge in [0, 0.05) is 18.5 Å². The molecule has 0 aliphatic heterocycles. The molecule has 8 heteroatoms. The topological polar surface area (TPSA) is 93.5 Å². The molecule has 3 aromatic rings. The van der Waals surface area contributed by atoms with Gasteiger partial charge in [-0.3, -0.25) is 9.59 Å². The maximum absolute atomic E-state index is 12.1. The van der Waals surface area contributed by atoms with Gasteiger partial charge in [0.2, 0.25) is 0 Å². The lowest BCUT2D eigenvalue weighted by Crippen LogP contribution is -2.34. The summed E-state index contributed by atoms with van der Waals surface area (Å²) in [5.41, 5.74) is 1.50. The molecule has 2 aromatic heterocycles. The number of hydrogen-bond donors (Lipinski definition) is 2. The normalized spacial score (nSPS) is 10.4. The molecular weight excluding hydrogens is 366 g/mol. The van der Waals surface area contributed by atoms with Crippen LogP contribution >= 0.6 is 11.3 Å². The summed E-state index contributed by atoms with van der Waals surface area (Å²) < 4.78 is 10.6. The summed E-state index contributed by atoms with van der Waals surface area (Å²) in [6.07, 6.45) is 1.43. The van der Waals surface area contributed by atoms with E-state index in [1.807, 2.05) is 31.2 Å². The molecule has 0 saturated carbocycles. The van der Waals surface area contributed by atoms with Gasteiger partial charge in [-0.25, -0.2) is 4.98 Å². The number of nitrogens with zero attached hydrogens (tertiary/aromatic N) is 1. The molecule has 2 amide bonds. The second kappa shape index (κ2) is 9.00. The Balaban J connectivity index is 1.40. The summed E-state index contributed by atoms with van der Waals surface area (Å²) in [6.45, 7) is 2.90. The average molecular weight is 385 g/mol. The number of ether oxygens (including phenoxy) is 1. The molecular formula is C19H19N3O4S. The zero-order chi connectivity index (χ0) is 19.1. The molecule has 0 spiro atoms. The van der Waals surface area contributed by atoms with Crippen LogP contribution in [0.3, 0.4) is 0 Å². The number of nitrogens with one attached hydrogen (secondary N) is 2. The van der Waals surface area contributed by atoms with Gasteiger partial charge < -0.3 is 19.8 Å². The third-order valence-electron chi connectivity index (χ3n) is 3.61. The van der Waals surface area contributed by atoms with E-state index in [4.69, 9.17) is 9.15 Å². The van der Waals surface area contributed by atoms with Crippen LogP contribution in [0.5, 0.6) is 5.75 Å². The molecule has 0 bridgehead atoms. The van der Waals surface area contributed by atoms with E-state index in [2.05, 4.69) is 15.6 Å². The van der Waals surface area contributed by atoms with Crippen molar-refractivity contribution in [1.29, 1.82) is 0 Å². The van der Waals surface area contributed by atoms with Crippen molar-refractivity contribution in [2.24, 2.45) is 0 Å². The lowest BCUT2D eigenvalue weighted by Gasteiger charge is -2.05. The number of carbonyl (C=O) groups is 2. The van der Waals surface area contributed by atoms with Gasteiger partial charge >= 0.3 is 0 Å². The first-order chi connectivity index (χ1) is 13.1. The van der Waals surface area contributed by atoms with Crippen molar-refractivity contribution in [3.05, 3.63) is 70.1 Å². The zero-order valence-electron chi connectivity index (χ0n) is 14.7. The molecule has 0 radical (unpaired) electrons. The van der Waals surface area contributed by atoms with Gasteiger partial charge in [-0.15, -0.1) is 11.3 Å². The summed E-state index contributed by atoms with van der Waals surface area (Å²) in [5.74, 6) is 0.381. The number of hydrogen-bond acceptors (Lipinski definition) is 6. The first kappa shape index (κ1) is 18.7. The molecule has 0 unspecified atom stereocenters. The Kier molecular flexibility index (Phi) is 6.22. The Morgan fingerprint density at radius 2 is 1.85 bits per heavy atom. The smallest absolute Gasteiger partial charge is 0.287 e. The Bertz CT molecular complexity index is 888. The van der Waals surface area contributed by atoms with Gasteiger partial charge in [0.1, 0.15) is 23.1 Å². The van der Waals surface area contributed by atoms with Gasteiger partial charge in [0.05, 0.1) is 6.26 Å². The predicted molar refractivity (Wildman–Crippen MR) is 101 cm³/mol. The molecule has 2 N–H and O–H groups in total. The van der Waals surface area contributed by atoms with Crippen LogP contribution in [0, 0.1) is 6.92 Å². The Hall–Kier alpha value is -3.13. The summed E-state index contributed by atoms with van der Waals surface area (Å²) in [4.78, 5) is 28.1. The molecule has 0 saturated heterocycles. The largest absolute Gasteiger partial charge is 0.486 e. The summed E-state index contributed by atoms with van der Waals surface area (Å²) in [5, 5.41) is 7.77. The Labute approximate surface area is 160 Å². The highest BCUT2D eigenvalue weighted by molar-refractivity contribution is 7.09. The second-order valence-electron chi connectivity index (χ2n) is 5.72. The number of rotatable bonds is 8. The van der Waals surface area contributed by atoms with E-state index in [1.165, 1.54) is 17.6 Å². The standard InChI is InChI=1S/C19H19N3O4S/c1-13-4-6-14(7-5-13)26-11-17-22-15(12-27-17)18(23)20-8-9-21-19(24)16-3-2-10-25-16/h2-7,10,12H,8-9,11H2,1H3,(H,20,23)(H,21,24). The van der Waals surface area contributed by atoms with Crippen molar-refractivity contribution in [3.8, 4) is 5.75 Å². The average Bonchev–Trinajstić information content (AvgIpc) is 3.36. The third kappa shape index (κ3) is 5.42. The highest BCUT2D eigenvalue weighted by Crippen LogP contribution is 2.16. The minimum atomic E-state index is -0.321. The van der Waals surface area contributed by atoms with Crippen LogP contribution < -0.4 is 15.4 Å². The third-order valence-corrected chi connectivity index (χ3v) is 4.43.